The van der Waals surface area contributed by atoms with E-state index in [9.17, 15) is 9.59 Å². The lowest BCUT2D eigenvalue weighted by molar-refractivity contribution is 0.0600. The summed E-state index contributed by atoms with van der Waals surface area (Å²) in [5, 5.41) is 2.94. The summed E-state index contributed by atoms with van der Waals surface area (Å²) >= 11 is 0. The first kappa shape index (κ1) is 15.2. The second-order valence-corrected chi connectivity index (χ2v) is 5.07. The van der Waals surface area contributed by atoms with Crippen molar-refractivity contribution in [3.63, 3.8) is 0 Å². The third-order valence-corrected chi connectivity index (χ3v) is 2.77. The Morgan fingerprint density at radius 1 is 1.11 bits per heavy atom. The molecule has 1 amide bonds. The molecule has 0 heterocycles. The van der Waals surface area contributed by atoms with E-state index in [1.165, 1.54) is 7.11 Å². The van der Waals surface area contributed by atoms with Gasteiger partial charge in [-0.3, -0.25) is 4.79 Å². The van der Waals surface area contributed by atoms with E-state index in [2.05, 4.69) is 23.9 Å². The molecule has 1 aromatic carbocycles. The first-order chi connectivity index (χ1) is 8.93. The number of ether oxygens (including phenoxy) is 1. The van der Waals surface area contributed by atoms with Crippen molar-refractivity contribution >= 4 is 11.9 Å². The van der Waals surface area contributed by atoms with Crippen LogP contribution in [0.3, 0.4) is 0 Å². The van der Waals surface area contributed by atoms with Gasteiger partial charge >= 0.3 is 5.97 Å². The molecule has 0 spiro atoms. The van der Waals surface area contributed by atoms with Crippen molar-refractivity contribution in [1.29, 1.82) is 0 Å². The molecule has 0 bridgehead atoms. The van der Waals surface area contributed by atoms with Gasteiger partial charge in [-0.05, 0) is 43.5 Å². The number of carbonyl (C=O) groups excluding carboxylic acids is 2. The van der Waals surface area contributed by atoms with Crippen molar-refractivity contribution in [2.24, 2.45) is 5.92 Å². The average Bonchev–Trinajstić information content (AvgIpc) is 2.36. The van der Waals surface area contributed by atoms with E-state index >= 15 is 0 Å². The molecule has 1 unspecified atom stereocenters. The summed E-state index contributed by atoms with van der Waals surface area (Å²) in [7, 11) is 1.33. The van der Waals surface area contributed by atoms with Crippen LogP contribution in [0.25, 0.3) is 0 Å². The second-order valence-electron chi connectivity index (χ2n) is 5.07. The Hall–Kier alpha value is -1.84. The van der Waals surface area contributed by atoms with E-state index in [0.29, 0.717) is 17.0 Å². The largest absolute Gasteiger partial charge is 0.465 e. The molecule has 1 atom stereocenters. The van der Waals surface area contributed by atoms with Crippen molar-refractivity contribution in [1.82, 2.24) is 5.32 Å². The minimum Gasteiger partial charge on any atom is -0.465 e. The zero-order chi connectivity index (χ0) is 14.4. The molecule has 0 aliphatic carbocycles. The Morgan fingerprint density at radius 2 is 1.63 bits per heavy atom. The SMILES string of the molecule is COC(=O)c1ccc(C(=O)NC(C)CC(C)C)cc1. The monoisotopic (exact) mass is 263 g/mol. The van der Waals surface area contributed by atoms with Gasteiger partial charge in [0.15, 0.2) is 0 Å². The van der Waals surface area contributed by atoms with Crippen LogP contribution in [-0.4, -0.2) is 25.0 Å². The quantitative estimate of drug-likeness (QED) is 0.831. The molecule has 0 fully saturated rings. The van der Waals surface area contributed by atoms with Crippen molar-refractivity contribution in [2.45, 2.75) is 33.2 Å². The van der Waals surface area contributed by atoms with Gasteiger partial charge in [0.25, 0.3) is 5.91 Å². The van der Waals surface area contributed by atoms with E-state index in [-0.39, 0.29) is 11.9 Å². The number of hydrogen-bond acceptors (Lipinski definition) is 3. The van der Waals surface area contributed by atoms with Crippen LogP contribution < -0.4 is 5.32 Å². The topological polar surface area (TPSA) is 55.4 Å². The van der Waals surface area contributed by atoms with Gasteiger partial charge in [0.1, 0.15) is 0 Å². The van der Waals surface area contributed by atoms with Crippen LogP contribution in [0.4, 0.5) is 0 Å². The van der Waals surface area contributed by atoms with Crippen molar-refractivity contribution in [3.05, 3.63) is 35.4 Å². The summed E-state index contributed by atoms with van der Waals surface area (Å²) in [5.41, 5.74) is 0.984. The highest BCUT2D eigenvalue weighted by Crippen LogP contribution is 2.08. The van der Waals surface area contributed by atoms with Gasteiger partial charge in [-0.15, -0.1) is 0 Å². The van der Waals surface area contributed by atoms with E-state index in [0.717, 1.165) is 6.42 Å². The first-order valence-corrected chi connectivity index (χ1v) is 6.43. The molecule has 1 rings (SSSR count). The highest BCUT2D eigenvalue weighted by atomic mass is 16.5. The Bertz CT molecular complexity index is 437. The Labute approximate surface area is 114 Å². The highest BCUT2D eigenvalue weighted by Gasteiger charge is 2.12. The van der Waals surface area contributed by atoms with Crippen LogP contribution in [0.2, 0.25) is 0 Å². The van der Waals surface area contributed by atoms with E-state index in [4.69, 9.17) is 0 Å². The third kappa shape index (κ3) is 4.73. The van der Waals surface area contributed by atoms with E-state index < -0.39 is 5.97 Å². The number of rotatable bonds is 5. The molecule has 0 aliphatic rings. The maximum atomic E-state index is 12.0. The van der Waals surface area contributed by atoms with Crippen LogP contribution in [0.5, 0.6) is 0 Å². The molecular formula is C15H21NO3. The van der Waals surface area contributed by atoms with Crippen molar-refractivity contribution in [2.75, 3.05) is 7.11 Å². The summed E-state index contributed by atoms with van der Waals surface area (Å²) in [6.45, 7) is 6.22. The molecule has 4 heteroatoms. The molecule has 19 heavy (non-hydrogen) atoms. The molecule has 0 saturated heterocycles. The Kier molecular flexibility index (Phi) is 5.55. The summed E-state index contributed by atoms with van der Waals surface area (Å²) < 4.78 is 4.61. The van der Waals surface area contributed by atoms with Crippen LogP contribution in [0.1, 0.15) is 47.9 Å². The van der Waals surface area contributed by atoms with Crippen LogP contribution in [0.15, 0.2) is 24.3 Å². The molecule has 1 aromatic rings. The molecule has 0 aromatic heterocycles. The van der Waals surface area contributed by atoms with E-state index in [1.54, 1.807) is 24.3 Å². The molecule has 1 N–H and O–H groups in total. The normalized spacial score (nSPS) is 12.1. The molecular weight excluding hydrogens is 242 g/mol. The Balaban J connectivity index is 2.65. The van der Waals surface area contributed by atoms with Gasteiger partial charge in [0.05, 0.1) is 12.7 Å². The van der Waals surface area contributed by atoms with Crippen molar-refractivity contribution in [3.8, 4) is 0 Å². The number of carbonyl (C=O) groups is 2. The van der Waals surface area contributed by atoms with Gasteiger partial charge in [-0.25, -0.2) is 4.79 Å². The Morgan fingerprint density at radius 3 is 2.11 bits per heavy atom. The summed E-state index contributed by atoms with van der Waals surface area (Å²) in [4.78, 5) is 23.2. The lowest BCUT2D eigenvalue weighted by Crippen LogP contribution is -2.33. The number of methoxy groups -OCH3 is 1. The number of hydrogen-bond donors (Lipinski definition) is 1. The fraction of sp³-hybridized carbons (Fsp3) is 0.467. The highest BCUT2D eigenvalue weighted by molar-refractivity contribution is 5.96. The minimum atomic E-state index is -0.403. The van der Waals surface area contributed by atoms with Crippen LogP contribution in [-0.2, 0) is 4.74 Å². The summed E-state index contributed by atoms with van der Waals surface area (Å²) in [5.74, 6) is 0.0155. The fourth-order valence-corrected chi connectivity index (χ4v) is 1.95. The zero-order valence-electron chi connectivity index (χ0n) is 11.9. The van der Waals surface area contributed by atoms with Crippen LogP contribution in [0, 0.1) is 5.92 Å². The second kappa shape index (κ2) is 6.92. The van der Waals surface area contributed by atoms with Gasteiger partial charge in [0, 0.05) is 11.6 Å². The summed E-state index contributed by atoms with van der Waals surface area (Å²) in [6, 6.07) is 6.57. The lowest BCUT2D eigenvalue weighted by Gasteiger charge is -2.16. The standard InChI is InChI=1S/C15H21NO3/c1-10(2)9-11(3)16-14(17)12-5-7-13(8-6-12)15(18)19-4/h5-8,10-11H,9H2,1-4H3,(H,16,17). The zero-order valence-corrected chi connectivity index (χ0v) is 11.9. The van der Waals surface area contributed by atoms with E-state index in [1.807, 2.05) is 6.92 Å². The molecule has 0 radical (unpaired) electrons. The summed E-state index contributed by atoms with van der Waals surface area (Å²) in [6.07, 6.45) is 0.936. The predicted molar refractivity (Wildman–Crippen MR) is 74.2 cm³/mol. The van der Waals surface area contributed by atoms with Gasteiger partial charge < -0.3 is 10.1 Å². The van der Waals surface area contributed by atoms with Crippen molar-refractivity contribution < 1.29 is 14.3 Å². The predicted octanol–water partition coefficient (Wildman–Crippen LogP) is 2.64. The number of esters is 1. The fourth-order valence-electron chi connectivity index (χ4n) is 1.95. The van der Waals surface area contributed by atoms with Gasteiger partial charge in [-0.1, -0.05) is 13.8 Å². The number of nitrogens with one attached hydrogen (secondary N) is 1. The number of amides is 1. The minimum absolute atomic E-state index is 0.121. The van der Waals surface area contributed by atoms with Gasteiger partial charge in [0.2, 0.25) is 0 Å². The molecule has 104 valence electrons. The van der Waals surface area contributed by atoms with Gasteiger partial charge in [-0.2, -0.15) is 0 Å². The third-order valence-electron chi connectivity index (χ3n) is 2.77. The molecule has 0 aliphatic heterocycles. The smallest absolute Gasteiger partial charge is 0.337 e. The molecule has 0 saturated carbocycles. The first-order valence-electron chi connectivity index (χ1n) is 6.43. The average molecular weight is 263 g/mol. The van der Waals surface area contributed by atoms with Crippen LogP contribution >= 0.6 is 0 Å². The maximum absolute atomic E-state index is 12.0. The maximum Gasteiger partial charge on any atom is 0.337 e. The lowest BCUT2D eigenvalue weighted by atomic mass is 10.0. The number of benzene rings is 1. The molecule has 4 nitrogen and oxygen atoms in total.